The Balaban J connectivity index is 4.02. The zero-order valence-electron chi connectivity index (χ0n) is 17.6. The number of nitrogens with two attached hydrogens (primary N) is 2. The van der Waals surface area contributed by atoms with Gasteiger partial charge in [0, 0.05) is 6.92 Å². The summed E-state index contributed by atoms with van der Waals surface area (Å²) in [6.45, 7) is 7.73. The maximum atomic E-state index is 5.98. The fraction of sp³-hybridized carbons (Fsp3) is 1.00. The molecule has 0 spiro atoms. The molecule has 0 aromatic rings. The van der Waals surface area contributed by atoms with Crippen LogP contribution in [0, 0.1) is 0 Å². The monoisotopic (exact) mass is 374 g/mol. The molecule has 0 aliphatic rings. The number of hydrogen-bond acceptors (Lipinski definition) is 5. The van der Waals surface area contributed by atoms with E-state index in [2.05, 4.69) is 6.92 Å². The zero-order valence-corrected chi connectivity index (χ0v) is 17.6. The first kappa shape index (κ1) is 25.8. The second kappa shape index (κ2) is 19.6. The fourth-order valence-corrected chi connectivity index (χ4v) is 2.80. The van der Waals surface area contributed by atoms with E-state index in [-0.39, 0.29) is 0 Å². The third-order valence-corrected chi connectivity index (χ3v) is 4.54. The number of rotatable bonds is 21. The standard InChI is InChI=1S/C21H46N2O3/c1-3-4-5-8-13-18-24-21(2,25-19-14-9-6-11-16-22)26-20-15-10-7-12-17-23/h3-20,22-23H2,1-2H3. The molecular weight excluding hydrogens is 328 g/mol. The minimum atomic E-state index is -0.910. The van der Waals surface area contributed by atoms with Gasteiger partial charge in [-0.2, -0.15) is 0 Å². The first-order valence-corrected chi connectivity index (χ1v) is 11.0. The smallest absolute Gasteiger partial charge is 0.279 e. The van der Waals surface area contributed by atoms with Gasteiger partial charge in [0.1, 0.15) is 0 Å². The van der Waals surface area contributed by atoms with E-state index in [0.29, 0.717) is 19.8 Å². The molecule has 158 valence electrons. The SMILES string of the molecule is CCCCCCCOC(C)(OCCCCCCN)OCCCCCCN. The van der Waals surface area contributed by atoms with Crippen molar-refractivity contribution < 1.29 is 14.2 Å². The maximum absolute atomic E-state index is 5.98. The summed E-state index contributed by atoms with van der Waals surface area (Å²) in [4.78, 5) is 0. The van der Waals surface area contributed by atoms with Crippen LogP contribution in [0.2, 0.25) is 0 Å². The fourth-order valence-electron chi connectivity index (χ4n) is 2.80. The van der Waals surface area contributed by atoms with E-state index < -0.39 is 5.97 Å². The Hall–Kier alpha value is -0.200. The Morgan fingerprint density at radius 1 is 0.538 bits per heavy atom. The lowest BCUT2D eigenvalue weighted by Crippen LogP contribution is -2.37. The van der Waals surface area contributed by atoms with Crippen molar-refractivity contribution in [2.24, 2.45) is 11.5 Å². The van der Waals surface area contributed by atoms with Crippen LogP contribution < -0.4 is 11.5 Å². The average molecular weight is 375 g/mol. The van der Waals surface area contributed by atoms with E-state index in [1.54, 1.807) is 0 Å². The summed E-state index contributed by atoms with van der Waals surface area (Å²) in [5.74, 6) is -0.910. The molecule has 0 saturated heterocycles. The number of hydrogen-bond donors (Lipinski definition) is 2. The van der Waals surface area contributed by atoms with Gasteiger partial charge in [-0.15, -0.1) is 0 Å². The summed E-state index contributed by atoms with van der Waals surface area (Å²) in [5.41, 5.74) is 11.1. The first-order valence-electron chi connectivity index (χ1n) is 11.0. The lowest BCUT2D eigenvalue weighted by atomic mass is 10.2. The van der Waals surface area contributed by atoms with Gasteiger partial charge in [-0.3, -0.25) is 0 Å². The quantitative estimate of drug-likeness (QED) is 0.224. The minimum Gasteiger partial charge on any atom is -0.330 e. The van der Waals surface area contributed by atoms with Gasteiger partial charge in [0.25, 0.3) is 5.97 Å². The molecule has 0 atom stereocenters. The van der Waals surface area contributed by atoms with Crippen molar-refractivity contribution in [3.8, 4) is 0 Å². The van der Waals surface area contributed by atoms with Crippen LogP contribution >= 0.6 is 0 Å². The molecule has 0 bridgehead atoms. The molecule has 0 aromatic carbocycles. The highest BCUT2D eigenvalue weighted by Gasteiger charge is 2.26. The van der Waals surface area contributed by atoms with Gasteiger partial charge in [-0.1, -0.05) is 58.3 Å². The van der Waals surface area contributed by atoms with Crippen LogP contribution in [0.3, 0.4) is 0 Å². The average Bonchev–Trinajstić information content (AvgIpc) is 2.64. The Kier molecular flexibility index (Phi) is 19.4. The van der Waals surface area contributed by atoms with Gasteiger partial charge in [-0.05, 0) is 45.2 Å². The second-order valence-corrected chi connectivity index (χ2v) is 7.23. The van der Waals surface area contributed by atoms with Crippen LogP contribution in [0.25, 0.3) is 0 Å². The summed E-state index contributed by atoms with van der Waals surface area (Å²) in [7, 11) is 0. The molecule has 0 rings (SSSR count). The highest BCUT2D eigenvalue weighted by atomic mass is 16.9. The highest BCUT2D eigenvalue weighted by Crippen LogP contribution is 2.18. The van der Waals surface area contributed by atoms with E-state index in [1.807, 2.05) is 6.92 Å². The third-order valence-electron chi connectivity index (χ3n) is 4.54. The van der Waals surface area contributed by atoms with Crippen molar-refractivity contribution in [3.05, 3.63) is 0 Å². The number of unbranched alkanes of at least 4 members (excludes halogenated alkanes) is 10. The lowest BCUT2D eigenvalue weighted by molar-refractivity contribution is -0.370. The summed E-state index contributed by atoms with van der Waals surface area (Å²) in [6.07, 6.45) is 15.0. The summed E-state index contributed by atoms with van der Waals surface area (Å²) in [6, 6.07) is 0. The van der Waals surface area contributed by atoms with Gasteiger partial charge < -0.3 is 25.7 Å². The predicted octanol–water partition coefficient (Wildman–Crippen LogP) is 4.72. The normalized spacial score (nSPS) is 12.0. The molecule has 26 heavy (non-hydrogen) atoms. The molecule has 0 unspecified atom stereocenters. The van der Waals surface area contributed by atoms with Gasteiger partial charge in [0.2, 0.25) is 0 Å². The van der Waals surface area contributed by atoms with Gasteiger partial charge in [0.15, 0.2) is 0 Å². The Morgan fingerprint density at radius 2 is 0.885 bits per heavy atom. The third kappa shape index (κ3) is 17.2. The van der Waals surface area contributed by atoms with Crippen LogP contribution in [-0.2, 0) is 14.2 Å². The molecular formula is C21H46N2O3. The van der Waals surface area contributed by atoms with Gasteiger partial charge >= 0.3 is 0 Å². The molecule has 4 N–H and O–H groups in total. The lowest BCUT2D eigenvalue weighted by Gasteiger charge is -2.30. The van der Waals surface area contributed by atoms with E-state index >= 15 is 0 Å². The molecule has 0 aliphatic heterocycles. The Morgan fingerprint density at radius 3 is 1.23 bits per heavy atom. The van der Waals surface area contributed by atoms with Crippen molar-refractivity contribution in [1.82, 2.24) is 0 Å². The zero-order chi connectivity index (χ0) is 19.3. The van der Waals surface area contributed by atoms with E-state index in [0.717, 1.165) is 70.9 Å². The van der Waals surface area contributed by atoms with Gasteiger partial charge in [0.05, 0.1) is 19.8 Å². The van der Waals surface area contributed by atoms with Crippen molar-refractivity contribution in [3.63, 3.8) is 0 Å². The molecule has 0 fully saturated rings. The minimum absolute atomic E-state index is 0.671. The molecule has 5 nitrogen and oxygen atoms in total. The van der Waals surface area contributed by atoms with Crippen molar-refractivity contribution >= 4 is 0 Å². The molecule has 5 heteroatoms. The maximum Gasteiger partial charge on any atom is 0.279 e. The van der Waals surface area contributed by atoms with E-state index in [4.69, 9.17) is 25.7 Å². The van der Waals surface area contributed by atoms with Crippen LogP contribution in [0.1, 0.15) is 97.3 Å². The van der Waals surface area contributed by atoms with Gasteiger partial charge in [-0.25, -0.2) is 0 Å². The molecule has 0 saturated carbocycles. The summed E-state index contributed by atoms with van der Waals surface area (Å²) < 4.78 is 17.9. The van der Waals surface area contributed by atoms with E-state index in [9.17, 15) is 0 Å². The second-order valence-electron chi connectivity index (χ2n) is 7.23. The van der Waals surface area contributed by atoms with Crippen LogP contribution in [0.15, 0.2) is 0 Å². The van der Waals surface area contributed by atoms with Crippen LogP contribution in [0.5, 0.6) is 0 Å². The summed E-state index contributed by atoms with van der Waals surface area (Å²) >= 11 is 0. The summed E-state index contributed by atoms with van der Waals surface area (Å²) in [5, 5.41) is 0. The highest BCUT2D eigenvalue weighted by molar-refractivity contribution is 4.53. The molecule has 0 radical (unpaired) electrons. The Bertz CT molecular complexity index is 237. The van der Waals surface area contributed by atoms with Crippen LogP contribution in [0.4, 0.5) is 0 Å². The van der Waals surface area contributed by atoms with E-state index in [1.165, 1.54) is 25.7 Å². The molecule has 0 aromatic heterocycles. The molecule has 0 heterocycles. The van der Waals surface area contributed by atoms with Crippen molar-refractivity contribution in [1.29, 1.82) is 0 Å². The molecule has 0 amide bonds. The molecule has 0 aliphatic carbocycles. The Labute approximate surface area is 162 Å². The van der Waals surface area contributed by atoms with Crippen molar-refractivity contribution in [2.45, 2.75) is 103 Å². The topological polar surface area (TPSA) is 79.7 Å². The van der Waals surface area contributed by atoms with Crippen molar-refractivity contribution in [2.75, 3.05) is 32.9 Å². The van der Waals surface area contributed by atoms with Crippen LogP contribution in [-0.4, -0.2) is 38.9 Å². The largest absolute Gasteiger partial charge is 0.330 e. The first-order chi connectivity index (χ1) is 12.7. The number of ether oxygens (including phenoxy) is 3. The predicted molar refractivity (Wildman–Crippen MR) is 110 cm³/mol.